The number of anilines is 1. The summed E-state index contributed by atoms with van der Waals surface area (Å²) in [6.45, 7) is 2.57. The molecule has 1 N–H and O–H groups in total. The Balaban J connectivity index is 1.68. The van der Waals surface area contributed by atoms with Crippen LogP contribution in [-0.2, 0) is 20.6 Å². The highest BCUT2D eigenvalue weighted by atomic mass is 35.5. The molecular weight excluding hydrogens is 384 g/mol. The number of nitrogens with zero attached hydrogens (tertiary/aromatic N) is 1. The highest BCUT2D eigenvalue weighted by Gasteiger charge is 2.32. The predicted octanol–water partition coefficient (Wildman–Crippen LogP) is 3.83. The minimum atomic E-state index is -3.47. The van der Waals surface area contributed by atoms with Crippen molar-refractivity contribution in [2.45, 2.75) is 25.5 Å². The zero-order chi connectivity index (χ0) is 19.4. The molecule has 1 amide bonds. The predicted molar refractivity (Wildman–Crippen MR) is 108 cm³/mol. The van der Waals surface area contributed by atoms with Gasteiger partial charge >= 0.3 is 0 Å². The third-order valence-corrected chi connectivity index (χ3v) is 6.87. The van der Waals surface area contributed by atoms with Gasteiger partial charge in [-0.05, 0) is 49.1 Å². The smallest absolute Gasteiger partial charge is 0.228 e. The topological polar surface area (TPSA) is 66.5 Å². The van der Waals surface area contributed by atoms with E-state index in [1.807, 2.05) is 31.2 Å². The molecule has 144 valence electrons. The molecule has 0 aliphatic carbocycles. The second-order valence-electron chi connectivity index (χ2n) is 6.88. The first-order valence-corrected chi connectivity index (χ1v) is 10.9. The third-order valence-electron chi connectivity index (χ3n) is 4.84. The molecule has 0 spiro atoms. The molecule has 1 aliphatic heterocycles. The Bertz CT molecular complexity index is 930. The first-order chi connectivity index (χ1) is 12.8. The van der Waals surface area contributed by atoms with E-state index in [1.165, 1.54) is 4.31 Å². The quantitative estimate of drug-likeness (QED) is 0.820. The van der Waals surface area contributed by atoms with Gasteiger partial charge in [0, 0.05) is 23.8 Å². The maximum Gasteiger partial charge on any atom is 0.228 e. The second kappa shape index (κ2) is 8.42. The molecule has 0 bridgehead atoms. The van der Waals surface area contributed by atoms with Gasteiger partial charge in [0.15, 0.2) is 0 Å². The molecule has 0 saturated carbocycles. The van der Waals surface area contributed by atoms with Crippen molar-refractivity contribution in [3.8, 4) is 0 Å². The number of benzene rings is 2. The van der Waals surface area contributed by atoms with E-state index in [2.05, 4.69) is 5.32 Å². The molecule has 5 nitrogen and oxygen atoms in total. The fourth-order valence-corrected chi connectivity index (χ4v) is 5.18. The molecule has 1 saturated heterocycles. The van der Waals surface area contributed by atoms with Crippen molar-refractivity contribution < 1.29 is 13.2 Å². The number of carbonyl (C=O) groups excluding carboxylic acids is 1. The Morgan fingerprint density at radius 1 is 1.22 bits per heavy atom. The van der Waals surface area contributed by atoms with Crippen molar-refractivity contribution in [2.24, 2.45) is 5.92 Å². The Morgan fingerprint density at radius 2 is 2.00 bits per heavy atom. The highest BCUT2D eigenvalue weighted by Crippen LogP contribution is 2.24. The van der Waals surface area contributed by atoms with Crippen molar-refractivity contribution in [1.82, 2.24) is 4.31 Å². The Hall–Kier alpha value is -1.89. The number of hydrogen-bond donors (Lipinski definition) is 1. The lowest BCUT2D eigenvalue weighted by Gasteiger charge is -2.31. The first kappa shape index (κ1) is 19.9. The standard InChI is InChI=1S/C20H23ClN2O3S/c1-15-6-2-3-7-17(15)14-27(25,26)23-11-5-8-16(13-23)20(24)22-19-10-4-9-18(21)12-19/h2-4,6-7,9-10,12,16H,5,8,11,13-14H2,1H3,(H,22,24). The van der Waals surface area contributed by atoms with Crippen molar-refractivity contribution in [3.05, 3.63) is 64.7 Å². The van der Waals surface area contributed by atoms with Gasteiger partial charge < -0.3 is 5.32 Å². The lowest BCUT2D eigenvalue weighted by atomic mass is 9.99. The van der Waals surface area contributed by atoms with Crippen LogP contribution in [0.4, 0.5) is 5.69 Å². The minimum Gasteiger partial charge on any atom is -0.326 e. The van der Waals surface area contributed by atoms with Gasteiger partial charge in [-0.15, -0.1) is 0 Å². The number of sulfonamides is 1. The van der Waals surface area contributed by atoms with E-state index in [4.69, 9.17) is 11.6 Å². The van der Waals surface area contributed by atoms with Gasteiger partial charge in [0.2, 0.25) is 15.9 Å². The number of nitrogens with one attached hydrogen (secondary N) is 1. The van der Waals surface area contributed by atoms with Crippen LogP contribution in [0.25, 0.3) is 0 Å². The monoisotopic (exact) mass is 406 g/mol. The summed E-state index contributed by atoms with van der Waals surface area (Å²) in [5, 5.41) is 3.38. The number of amides is 1. The molecule has 3 rings (SSSR count). The van der Waals surface area contributed by atoms with Crippen LogP contribution >= 0.6 is 11.6 Å². The maximum atomic E-state index is 12.9. The SMILES string of the molecule is Cc1ccccc1CS(=O)(=O)N1CCCC(C(=O)Nc2cccc(Cl)c2)C1. The van der Waals surface area contributed by atoms with Gasteiger partial charge in [0.05, 0.1) is 11.7 Å². The van der Waals surface area contributed by atoms with Crippen LogP contribution in [0, 0.1) is 12.8 Å². The fourth-order valence-electron chi connectivity index (χ4n) is 3.28. The molecule has 1 fully saturated rings. The van der Waals surface area contributed by atoms with Crippen molar-refractivity contribution in [1.29, 1.82) is 0 Å². The van der Waals surface area contributed by atoms with Crippen LogP contribution in [0.1, 0.15) is 24.0 Å². The second-order valence-corrected chi connectivity index (χ2v) is 9.28. The summed E-state index contributed by atoms with van der Waals surface area (Å²) in [7, 11) is -3.47. The number of rotatable bonds is 5. The highest BCUT2D eigenvalue weighted by molar-refractivity contribution is 7.88. The normalized spacial score (nSPS) is 18.2. The van der Waals surface area contributed by atoms with Gasteiger partial charge in [0.1, 0.15) is 0 Å². The summed E-state index contributed by atoms with van der Waals surface area (Å²) in [4.78, 5) is 12.6. The van der Waals surface area contributed by atoms with Gasteiger partial charge in [-0.2, -0.15) is 0 Å². The molecular formula is C20H23ClN2O3S. The number of hydrogen-bond acceptors (Lipinski definition) is 3. The van der Waals surface area contributed by atoms with E-state index in [0.29, 0.717) is 30.1 Å². The third kappa shape index (κ3) is 5.09. The zero-order valence-corrected chi connectivity index (χ0v) is 16.8. The maximum absolute atomic E-state index is 12.9. The lowest BCUT2D eigenvalue weighted by Crippen LogP contribution is -2.44. The number of halogens is 1. The Kier molecular flexibility index (Phi) is 6.19. The molecule has 2 aromatic rings. The van der Waals surface area contributed by atoms with Crippen molar-refractivity contribution >= 4 is 33.2 Å². The molecule has 1 atom stereocenters. The molecule has 1 aliphatic rings. The lowest BCUT2D eigenvalue weighted by molar-refractivity contribution is -0.120. The van der Waals surface area contributed by atoms with E-state index in [-0.39, 0.29) is 24.1 Å². The summed E-state index contributed by atoms with van der Waals surface area (Å²) in [5.41, 5.74) is 2.36. The Labute approximate surface area is 165 Å². The molecule has 1 unspecified atom stereocenters. The van der Waals surface area contributed by atoms with Crippen LogP contribution in [-0.4, -0.2) is 31.7 Å². The van der Waals surface area contributed by atoms with Crippen molar-refractivity contribution in [3.63, 3.8) is 0 Å². The average molecular weight is 407 g/mol. The summed E-state index contributed by atoms with van der Waals surface area (Å²) in [6.07, 6.45) is 1.34. The van der Waals surface area contributed by atoms with Crippen LogP contribution in [0.15, 0.2) is 48.5 Å². The van der Waals surface area contributed by atoms with Crippen LogP contribution in [0.5, 0.6) is 0 Å². The molecule has 7 heteroatoms. The minimum absolute atomic E-state index is 0.0394. The van der Waals surface area contributed by atoms with E-state index in [9.17, 15) is 13.2 Å². The number of carbonyl (C=O) groups is 1. The zero-order valence-electron chi connectivity index (χ0n) is 15.2. The van der Waals surface area contributed by atoms with Crippen LogP contribution in [0.3, 0.4) is 0 Å². The van der Waals surface area contributed by atoms with Crippen molar-refractivity contribution in [2.75, 3.05) is 18.4 Å². The molecule has 1 heterocycles. The van der Waals surface area contributed by atoms with E-state index in [1.54, 1.807) is 24.3 Å². The number of piperidine rings is 1. The van der Waals surface area contributed by atoms with E-state index in [0.717, 1.165) is 11.1 Å². The van der Waals surface area contributed by atoms with E-state index >= 15 is 0 Å². The summed E-state index contributed by atoms with van der Waals surface area (Å²) < 4.78 is 27.2. The summed E-state index contributed by atoms with van der Waals surface area (Å²) in [6, 6.07) is 14.4. The van der Waals surface area contributed by atoms with Gasteiger partial charge in [-0.25, -0.2) is 12.7 Å². The Morgan fingerprint density at radius 3 is 2.74 bits per heavy atom. The van der Waals surface area contributed by atoms with Crippen LogP contribution < -0.4 is 5.32 Å². The largest absolute Gasteiger partial charge is 0.326 e. The molecule has 0 radical (unpaired) electrons. The molecule has 2 aromatic carbocycles. The molecule has 27 heavy (non-hydrogen) atoms. The first-order valence-electron chi connectivity index (χ1n) is 8.94. The summed E-state index contributed by atoms with van der Waals surface area (Å²) >= 11 is 5.95. The average Bonchev–Trinajstić information content (AvgIpc) is 2.64. The van der Waals surface area contributed by atoms with Gasteiger partial charge in [0.25, 0.3) is 0 Å². The fraction of sp³-hybridized carbons (Fsp3) is 0.350. The van der Waals surface area contributed by atoms with Gasteiger partial charge in [-0.1, -0.05) is 41.9 Å². The van der Waals surface area contributed by atoms with Gasteiger partial charge in [-0.3, -0.25) is 4.79 Å². The summed E-state index contributed by atoms with van der Waals surface area (Å²) in [5.74, 6) is -0.583. The van der Waals surface area contributed by atoms with E-state index < -0.39 is 10.0 Å². The van der Waals surface area contributed by atoms with Crippen LogP contribution in [0.2, 0.25) is 5.02 Å². The number of aryl methyl sites for hydroxylation is 1. The molecule has 0 aromatic heterocycles.